The summed E-state index contributed by atoms with van der Waals surface area (Å²) in [5.74, 6) is 0. The summed E-state index contributed by atoms with van der Waals surface area (Å²) < 4.78 is 0. The van der Waals surface area contributed by atoms with E-state index in [-0.39, 0.29) is 6.17 Å². The first-order chi connectivity index (χ1) is 8.77. The maximum absolute atomic E-state index is 5.45. The molecule has 0 bridgehead atoms. The lowest BCUT2D eigenvalue weighted by molar-refractivity contribution is 0.466. The standard InChI is InChI=1S/C13H20N4S/c1-11(15-8-7-14)9-16-13(17-10-18)12-5-3-2-4-6-12/h2-6,11,13,15-16H,7-9,14H2,1H3. The van der Waals surface area contributed by atoms with Crippen molar-refractivity contribution in [2.24, 2.45) is 10.7 Å². The van der Waals surface area contributed by atoms with Crippen molar-refractivity contribution in [3.63, 3.8) is 0 Å². The van der Waals surface area contributed by atoms with Gasteiger partial charge >= 0.3 is 0 Å². The Labute approximate surface area is 114 Å². The first-order valence-electron chi connectivity index (χ1n) is 6.06. The third kappa shape index (κ3) is 5.49. The van der Waals surface area contributed by atoms with Crippen molar-refractivity contribution in [1.29, 1.82) is 0 Å². The zero-order valence-corrected chi connectivity index (χ0v) is 11.4. The second kappa shape index (κ2) is 8.91. The van der Waals surface area contributed by atoms with Crippen LogP contribution in [-0.4, -0.2) is 30.8 Å². The molecule has 0 spiro atoms. The van der Waals surface area contributed by atoms with E-state index in [0.29, 0.717) is 12.6 Å². The molecule has 18 heavy (non-hydrogen) atoms. The van der Waals surface area contributed by atoms with E-state index in [2.05, 4.69) is 39.9 Å². The Bertz CT molecular complexity index is 376. The highest BCUT2D eigenvalue weighted by Gasteiger charge is 2.09. The monoisotopic (exact) mass is 264 g/mol. The molecule has 1 rings (SSSR count). The SMILES string of the molecule is CC(CNC(N=C=S)c1ccccc1)NCCN. The number of nitrogens with zero attached hydrogens (tertiary/aromatic N) is 1. The third-order valence-corrected chi connectivity index (χ3v) is 2.66. The molecule has 4 nitrogen and oxygen atoms in total. The van der Waals surface area contributed by atoms with Gasteiger partial charge in [0.25, 0.3) is 0 Å². The average Bonchev–Trinajstić information content (AvgIpc) is 2.42. The molecule has 0 aliphatic rings. The second-order valence-electron chi connectivity index (χ2n) is 4.09. The Hall–Kier alpha value is -1.10. The summed E-state index contributed by atoms with van der Waals surface area (Å²) in [5, 5.41) is 9.09. The highest BCUT2D eigenvalue weighted by molar-refractivity contribution is 7.78. The topological polar surface area (TPSA) is 62.4 Å². The lowest BCUT2D eigenvalue weighted by atomic mass is 10.1. The van der Waals surface area contributed by atoms with Crippen molar-refractivity contribution < 1.29 is 0 Å². The minimum absolute atomic E-state index is 0.133. The Balaban J connectivity index is 2.52. The molecule has 0 heterocycles. The molecule has 2 unspecified atom stereocenters. The van der Waals surface area contributed by atoms with Crippen LogP contribution in [0.1, 0.15) is 18.7 Å². The molecule has 98 valence electrons. The van der Waals surface area contributed by atoms with Gasteiger partial charge in [0, 0.05) is 25.7 Å². The van der Waals surface area contributed by atoms with Gasteiger partial charge in [0.2, 0.25) is 0 Å². The first-order valence-corrected chi connectivity index (χ1v) is 6.47. The molecule has 0 aromatic heterocycles. The van der Waals surface area contributed by atoms with Gasteiger partial charge in [-0.15, -0.1) is 0 Å². The van der Waals surface area contributed by atoms with Crippen molar-refractivity contribution in [1.82, 2.24) is 10.6 Å². The normalized spacial score (nSPS) is 13.7. The predicted molar refractivity (Wildman–Crippen MR) is 78.7 cm³/mol. The van der Waals surface area contributed by atoms with Gasteiger partial charge in [-0.1, -0.05) is 30.3 Å². The van der Waals surface area contributed by atoms with Crippen LogP contribution in [0, 0.1) is 0 Å². The fourth-order valence-electron chi connectivity index (χ4n) is 1.62. The summed E-state index contributed by atoms with van der Waals surface area (Å²) in [5.41, 5.74) is 6.53. The number of nitrogens with two attached hydrogens (primary N) is 1. The van der Waals surface area contributed by atoms with E-state index >= 15 is 0 Å². The van der Waals surface area contributed by atoms with Crippen molar-refractivity contribution in [2.75, 3.05) is 19.6 Å². The number of hydrogen-bond acceptors (Lipinski definition) is 5. The van der Waals surface area contributed by atoms with Crippen LogP contribution in [0.2, 0.25) is 0 Å². The molecule has 0 fully saturated rings. The van der Waals surface area contributed by atoms with Gasteiger partial charge in [-0.2, -0.15) is 0 Å². The van der Waals surface area contributed by atoms with E-state index in [4.69, 9.17) is 5.73 Å². The fraction of sp³-hybridized carbons (Fsp3) is 0.462. The van der Waals surface area contributed by atoms with Gasteiger partial charge < -0.3 is 11.1 Å². The van der Waals surface area contributed by atoms with Crippen LogP contribution >= 0.6 is 12.2 Å². The quantitative estimate of drug-likeness (QED) is 0.489. The van der Waals surface area contributed by atoms with Crippen molar-refractivity contribution in [3.8, 4) is 0 Å². The van der Waals surface area contributed by atoms with Crippen LogP contribution in [0.25, 0.3) is 0 Å². The average molecular weight is 264 g/mol. The Morgan fingerprint density at radius 1 is 1.33 bits per heavy atom. The van der Waals surface area contributed by atoms with Gasteiger partial charge in [0.05, 0.1) is 5.16 Å². The van der Waals surface area contributed by atoms with Crippen molar-refractivity contribution in [2.45, 2.75) is 19.1 Å². The summed E-state index contributed by atoms with van der Waals surface area (Å²) >= 11 is 4.69. The van der Waals surface area contributed by atoms with Crippen LogP contribution in [0.4, 0.5) is 0 Å². The van der Waals surface area contributed by atoms with Crippen LogP contribution < -0.4 is 16.4 Å². The van der Waals surface area contributed by atoms with Crippen LogP contribution in [-0.2, 0) is 0 Å². The second-order valence-corrected chi connectivity index (χ2v) is 4.27. The summed E-state index contributed by atoms with van der Waals surface area (Å²) in [6.45, 7) is 4.35. The minimum atomic E-state index is -0.133. The molecule has 2 atom stereocenters. The largest absolute Gasteiger partial charge is 0.329 e. The molecule has 5 heteroatoms. The zero-order chi connectivity index (χ0) is 13.2. The summed E-state index contributed by atoms with van der Waals surface area (Å²) in [7, 11) is 0. The maximum atomic E-state index is 5.45. The van der Waals surface area contributed by atoms with Crippen LogP contribution in [0.3, 0.4) is 0 Å². The number of rotatable bonds is 8. The molecule has 0 amide bonds. The molecular formula is C13H20N4S. The molecule has 0 radical (unpaired) electrons. The fourth-order valence-corrected chi connectivity index (χ4v) is 1.72. The first kappa shape index (κ1) is 15.0. The molecule has 1 aromatic rings. The lowest BCUT2D eigenvalue weighted by Gasteiger charge is -2.18. The van der Waals surface area contributed by atoms with E-state index in [1.165, 1.54) is 0 Å². The molecule has 0 aliphatic carbocycles. The highest BCUT2D eigenvalue weighted by atomic mass is 32.1. The van der Waals surface area contributed by atoms with Gasteiger partial charge in [-0.05, 0) is 24.7 Å². The van der Waals surface area contributed by atoms with Gasteiger partial charge in [-0.25, -0.2) is 4.99 Å². The summed E-state index contributed by atoms with van der Waals surface area (Å²) in [4.78, 5) is 4.15. The molecule has 0 saturated carbocycles. The Kier molecular flexibility index (Phi) is 7.41. The van der Waals surface area contributed by atoms with Gasteiger partial charge in [-0.3, -0.25) is 5.32 Å². The Morgan fingerprint density at radius 2 is 2.06 bits per heavy atom. The van der Waals surface area contributed by atoms with Crippen LogP contribution in [0.5, 0.6) is 0 Å². The summed E-state index contributed by atoms with van der Waals surface area (Å²) in [6.07, 6.45) is -0.133. The number of benzene rings is 1. The van der Waals surface area contributed by atoms with E-state index in [1.54, 1.807) is 0 Å². The lowest BCUT2D eigenvalue weighted by Crippen LogP contribution is -2.39. The van der Waals surface area contributed by atoms with Crippen molar-refractivity contribution in [3.05, 3.63) is 35.9 Å². The smallest absolute Gasteiger partial charge is 0.136 e. The summed E-state index contributed by atoms with van der Waals surface area (Å²) in [6, 6.07) is 10.3. The van der Waals surface area contributed by atoms with E-state index in [1.807, 2.05) is 30.3 Å². The highest BCUT2D eigenvalue weighted by Crippen LogP contribution is 2.12. The number of aliphatic imine (C=N–C) groups is 1. The van der Waals surface area contributed by atoms with Crippen LogP contribution in [0.15, 0.2) is 35.3 Å². The molecule has 1 aromatic carbocycles. The minimum Gasteiger partial charge on any atom is -0.329 e. The number of hydrogen-bond donors (Lipinski definition) is 3. The van der Waals surface area contributed by atoms with Gasteiger partial charge in [0.1, 0.15) is 6.17 Å². The zero-order valence-electron chi connectivity index (χ0n) is 10.6. The predicted octanol–water partition coefficient (Wildman–Crippen LogP) is 1.31. The Morgan fingerprint density at radius 3 is 2.67 bits per heavy atom. The number of thiocarbonyl (C=S) groups is 1. The molecule has 0 saturated heterocycles. The van der Waals surface area contributed by atoms with Gasteiger partial charge in [0.15, 0.2) is 0 Å². The molecule has 0 aliphatic heterocycles. The maximum Gasteiger partial charge on any atom is 0.136 e. The van der Waals surface area contributed by atoms with E-state index in [9.17, 15) is 0 Å². The third-order valence-electron chi connectivity index (χ3n) is 2.55. The number of nitrogens with one attached hydrogen (secondary N) is 2. The molecule has 4 N–H and O–H groups in total. The van der Waals surface area contributed by atoms with E-state index in [0.717, 1.165) is 18.7 Å². The van der Waals surface area contributed by atoms with E-state index < -0.39 is 0 Å². The van der Waals surface area contributed by atoms with Crippen molar-refractivity contribution >= 4 is 17.4 Å². The number of isothiocyanates is 1. The molecular weight excluding hydrogens is 244 g/mol.